The molecule has 2 rings (SSSR count). The predicted octanol–water partition coefficient (Wildman–Crippen LogP) is 2.31. The van der Waals surface area contributed by atoms with Gasteiger partial charge in [0.2, 0.25) is 11.8 Å². The molecule has 0 saturated heterocycles. The normalized spacial score (nSPS) is 11.0. The van der Waals surface area contributed by atoms with Crippen molar-refractivity contribution < 1.29 is 9.90 Å². The van der Waals surface area contributed by atoms with Crippen molar-refractivity contribution in [1.29, 1.82) is 0 Å². The number of nitrogens with zero attached hydrogens (tertiary/aromatic N) is 2. The molecule has 0 radical (unpaired) electrons. The maximum atomic E-state index is 12.1. The molecule has 1 aromatic carbocycles. The standard InChI is InChI=1S/C18H21ClN4O4/c1-2-3-4-5-10-15(24)22-20-11-12-16(25)21-18(27)23(17(12)26)14-9-7-6-8-13(14)19/h6-9,11,26H,2-5,10H2,1H3,(H,22,24)(H,21,25,27). The number of unbranched alkanes of at least 4 members (excludes halogenated alkanes) is 3. The third kappa shape index (κ3) is 5.30. The molecule has 0 bridgehead atoms. The van der Waals surface area contributed by atoms with Gasteiger partial charge in [-0.3, -0.25) is 14.6 Å². The molecule has 0 spiro atoms. The minimum atomic E-state index is -0.845. The Morgan fingerprint density at radius 2 is 2.04 bits per heavy atom. The van der Waals surface area contributed by atoms with Crippen molar-refractivity contribution in [3.8, 4) is 11.6 Å². The fraction of sp³-hybridized carbons (Fsp3) is 0.333. The molecule has 144 valence electrons. The zero-order chi connectivity index (χ0) is 19.8. The van der Waals surface area contributed by atoms with Crippen LogP contribution in [0.25, 0.3) is 5.69 Å². The number of hydrazone groups is 1. The third-order valence-electron chi connectivity index (χ3n) is 3.85. The van der Waals surface area contributed by atoms with E-state index in [1.807, 2.05) is 0 Å². The lowest BCUT2D eigenvalue weighted by atomic mass is 10.1. The smallest absolute Gasteiger partial charge is 0.335 e. The second-order valence-electron chi connectivity index (χ2n) is 5.89. The Bertz CT molecular complexity index is 949. The van der Waals surface area contributed by atoms with Gasteiger partial charge in [-0.05, 0) is 18.6 Å². The number of amides is 1. The van der Waals surface area contributed by atoms with Crippen LogP contribution >= 0.6 is 11.6 Å². The molecular weight excluding hydrogens is 372 g/mol. The molecule has 0 unspecified atom stereocenters. The number of benzene rings is 1. The number of halogens is 1. The Morgan fingerprint density at radius 1 is 1.30 bits per heavy atom. The summed E-state index contributed by atoms with van der Waals surface area (Å²) in [6.45, 7) is 2.08. The number of aromatic amines is 1. The van der Waals surface area contributed by atoms with Crippen molar-refractivity contribution in [2.24, 2.45) is 5.10 Å². The van der Waals surface area contributed by atoms with Gasteiger partial charge < -0.3 is 5.11 Å². The van der Waals surface area contributed by atoms with E-state index in [-0.39, 0.29) is 22.2 Å². The van der Waals surface area contributed by atoms with E-state index < -0.39 is 17.1 Å². The topological polar surface area (TPSA) is 117 Å². The lowest BCUT2D eigenvalue weighted by molar-refractivity contribution is -0.121. The fourth-order valence-electron chi connectivity index (χ4n) is 2.45. The number of nitrogens with one attached hydrogen (secondary N) is 2. The molecule has 0 aliphatic heterocycles. The number of para-hydroxylation sites is 1. The quantitative estimate of drug-likeness (QED) is 0.363. The van der Waals surface area contributed by atoms with Crippen molar-refractivity contribution in [1.82, 2.24) is 15.0 Å². The first-order chi connectivity index (χ1) is 13.0. The van der Waals surface area contributed by atoms with Gasteiger partial charge in [0.25, 0.3) is 5.56 Å². The summed E-state index contributed by atoms with van der Waals surface area (Å²) in [6.07, 6.45) is 5.14. The molecule has 8 nitrogen and oxygen atoms in total. The molecular formula is C18H21ClN4O4. The lowest BCUT2D eigenvalue weighted by Gasteiger charge is -2.10. The highest BCUT2D eigenvalue weighted by Gasteiger charge is 2.16. The van der Waals surface area contributed by atoms with Crippen molar-refractivity contribution in [2.45, 2.75) is 39.0 Å². The summed E-state index contributed by atoms with van der Waals surface area (Å²) in [6, 6.07) is 6.35. The lowest BCUT2D eigenvalue weighted by Crippen LogP contribution is -2.31. The first-order valence-electron chi connectivity index (χ1n) is 8.60. The molecule has 0 atom stereocenters. The van der Waals surface area contributed by atoms with Gasteiger partial charge >= 0.3 is 5.69 Å². The van der Waals surface area contributed by atoms with Crippen LogP contribution in [0.15, 0.2) is 39.0 Å². The zero-order valence-electron chi connectivity index (χ0n) is 14.9. The van der Waals surface area contributed by atoms with Crippen LogP contribution in [0, 0.1) is 0 Å². The highest BCUT2D eigenvalue weighted by molar-refractivity contribution is 6.32. The van der Waals surface area contributed by atoms with Gasteiger partial charge in [0, 0.05) is 6.42 Å². The minimum Gasteiger partial charge on any atom is -0.493 e. The first-order valence-corrected chi connectivity index (χ1v) is 8.98. The molecule has 0 fully saturated rings. The van der Waals surface area contributed by atoms with E-state index in [1.165, 1.54) is 6.07 Å². The number of hydrogen-bond acceptors (Lipinski definition) is 5. The summed E-state index contributed by atoms with van der Waals surface area (Å²) in [4.78, 5) is 37.9. The molecule has 3 N–H and O–H groups in total. The van der Waals surface area contributed by atoms with Crippen molar-refractivity contribution in [3.05, 3.63) is 55.7 Å². The average Bonchev–Trinajstić information content (AvgIpc) is 2.63. The Kier molecular flexibility index (Phi) is 7.36. The number of rotatable bonds is 8. The maximum Gasteiger partial charge on any atom is 0.335 e. The van der Waals surface area contributed by atoms with Crippen LogP contribution < -0.4 is 16.7 Å². The van der Waals surface area contributed by atoms with Crippen molar-refractivity contribution >= 4 is 23.7 Å². The van der Waals surface area contributed by atoms with Gasteiger partial charge in [-0.2, -0.15) is 5.10 Å². The van der Waals surface area contributed by atoms with Crippen LogP contribution in [0.5, 0.6) is 5.88 Å². The third-order valence-corrected chi connectivity index (χ3v) is 4.17. The van der Waals surface area contributed by atoms with Crippen LogP contribution in [0.3, 0.4) is 0 Å². The fourth-order valence-corrected chi connectivity index (χ4v) is 2.67. The first kappa shape index (κ1) is 20.4. The molecule has 27 heavy (non-hydrogen) atoms. The summed E-state index contributed by atoms with van der Waals surface area (Å²) in [5.41, 5.74) is 0.549. The van der Waals surface area contributed by atoms with Gasteiger partial charge in [-0.1, -0.05) is 49.9 Å². The number of carbonyl (C=O) groups is 1. The maximum absolute atomic E-state index is 12.1. The summed E-state index contributed by atoms with van der Waals surface area (Å²) in [5, 5.41) is 14.3. The Hall–Kier alpha value is -2.87. The molecule has 1 heterocycles. The number of carbonyl (C=O) groups excluding carboxylic acids is 1. The van der Waals surface area contributed by atoms with Gasteiger partial charge in [0.05, 0.1) is 16.9 Å². The molecule has 2 aromatic rings. The highest BCUT2D eigenvalue weighted by atomic mass is 35.5. The van der Waals surface area contributed by atoms with Crippen LogP contribution in [-0.4, -0.2) is 26.8 Å². The van der Waals surface area contributed by atoms with Crippen molar-refractivity contribution in [2.75, 3.05) is 0 Å². The van der Waals surface area contributed by atoms with E-state index in [0.29, 0.717) is 6.42 Å². The van der Waals surface area contributed by atoms with Crippen LogP contribution in [0.2, 0.25) is 5.02 Å². The van der Waals surface area contributed by atoms with E-state index in [9.17, 15) is 19.5 Å². The Balaban J connectivity index is 2.22. The molecule has 0 aliphatic carbocycles. The van der Waals surface area contributed by atoms with Crippen LogP contribution in [-0.2, 0) is 4.79 Å². The molecule has 9 heteroatoms. The van der Waals surface area contributed by atoms with Gasteiger partial charge in [0.15, 0.2) is 0 Å². The summed E-state index contributed by atoms with van der Waals surface area (Å²) >= 11 is 6.06. The molecule has 1 aromatic heterocycles. The van der Waals surface area contributed by atoms with E-state index in [4.69, 9.17) is 11.6 Å². The van der Waals surface area contributed by atoms with Gasteiger partial charge in [0.1, 0.15) is 5.56 Å². The van der Waals surface area contributed by atoms with E-state index >= 15 is 0 Å². The number of aromatic hydroxyl groups is 1. The Morgan fingerprint density at radius 3 is 2.74 bits per heavy atom. The summed E-state index contributed by atoms with van der Waals surface area (Å²) in [7, 11) is 0. The average molecular weight is 393 g/mol. The number of H-pyrrole nitrogens is 1. The summed E-state index contributed by atoms with van der Waals surface area (Å²) in [5.74, 6) is -0.921. The molecule has 0 saturated carbocycles. The molecule has 1 amide bonds. The summed E-state index contributed by atoms with van der Waals surface area (Å²) < 4.78 is 0.859. The van der Waals surface area contributed by atoms with Gasteiger partial charge in [-0.25, -0.2) is 14.8 Å². The van der Waals surface area contributed by atoms with Crippen molar-refractivity contribution in [3.63, 3.8) is 0 Å². The largest absolute Gasteiger partial charge is 0.493 e. The zero-order valence-corrected chi connectivity index (χ0v) is 15.6. The number of aromatic nitrogens is 2. The van der Waals surface area contributed by atoms with Gasteiger partial charge in [-0.15, -0.1) is 0 Å². The van der Waals surface area contributed by atoms with Crippen LogP contribution in [0.1, 0.15) is 44.6 Å². The van der Waals surface area contributed by atoms with E-state index in [0.717, 1.165) is 36.5 Å². The van der Waals surface area contributed by atoms with E-state index in [1.54, 1.807) is 18.2 Å². The van der Waals surface area contributed by atoms with Crippen LogP contribution in [0.4, 0.5) is 0 Å². The predicted molar refractivity (Wildman–Crippen MR) is 104 cm³/mol. The molecule has 0 aliphatic rings. The Labute approximate surface area is 160 Å². The monoisotopic (exact) mass is 392 g/mol. The second kappa shape index (κ2) is 9.72. The second-order valence-corrected chi connectivity index (χ2v) is 6.29. The number of hydrogen-bond donors (Lipinski definition) is 3. The minimum absolute atomic E-state index is 0.201. The van der Waals surface area contributed by atoms with E-state index in [2.05, 4.69) is 22.4 Å². The SMILES string of the molecule is CCCCCCC(=O)NN=Cc1c(O)n(-c2ccccc2Cl)c(=O)[nH]c1=O. The highest BCUT2D eigenvalue weighted by Crippen LogP contribution is 2.22.